The van der Waals surface area contributed by atoms with Crippen molar-refractivity contribution in [3.05, 3.63) is 60.2 Å². The molecule has 2 aliphatic heterocycles. The predicted molar refractivity (Wildman–Crippen MR) is 111 cm³/mol. The van der Waals surface area contributed by atoms with E-state index >= 15 is 0 Å². The highest BCUT2D eigenvalue weighted by molar-refractivity contribution is 7.91. The molecule has 0 bridgehead atoms. The number of nitrogens with one attached hydrogen (secondary N) is 2. The Kier molecular flexibility index (Phi) is 5.53. The number of hydrogen-bond acceptors (Lipinski definition) is 5. The molecule has 4 rings (SSSR count). The zero-order chi connectivity index (χ0) is 20.3. The SMILES string of the molecule is O=C(NC[C@@H]1CC(c2ccc(-c3ccccc3)cc2)=NO1)N[C@@H]1CCS(=O)(=O)C1. The van der Waals surface area contributed by atoms with Crippen LogP contribution in [0.4, 0.5) is 4.79 Å². The normalized spacial score (nSPS) is 22.6. The third-order valence-corrected chi connectivity index (χ3v) is 6.88. The van der Waals surface area contributed by atoms with Gasteiger partial charge >= 0.3 is 6.03 Å². The Balaban J connectivity index is 1.25. The van der Waals surface area contributed by atoms with Crippen LogP contribution in [0.5, 0.6) is 0 Å². The minimum absolute atomic E-state index is 0.00653. The average Bonchev–Trinajstić information content (AvgIpc) is 3.33. The second-order valence-electron chi connectivity index (χ2n) is 7.37. The number of nitrogens with zero attached hydrogens (tertiary/aromatic N) is 1. The fourth-order valence-electron chi connectivity index (χ4n) is 3.55. The van der Waals surface area contributed by atoms with Gasteiger partial charge in [-0.1, -0.05) is 59.8 Å². The number of carbonyl (C=O) groups excluding carboxylic acids is 1. The third kappa shape index (κ3) is 4.95. The van der Waals surface area contributed by atoms with Crippen LogP contribution in [0.3, 0.4) is 0 Å². The number of hydrogen-bond donors (Lipinski definition) is 2. The molecule has 29 heavy (non-hydrogen) atoms. The average molecular weight is 413 g/mol. The summed E-state index contributed by atoms with van der Waals surface area (Å²) in [4.78, 5) is 17.4. The second-order valence-corrected chi connectivity index (χ2v) is 9.60. The Bertz CT molecular complexity index is 1000. The minimum atomic E-state index is -3.02. The van der Waals surface area contributed by atoms with E-state index in [1.807, 2.05) is 30.3 Å². The third-order valence-electron chi connectivity index (χ3n) is 5.12. The quantitative estimate of drug-likeness (QED) is 0.786. The van der Waals surface area contributed by atoms with Gasteiger partial charge in [0.15, 0.2) is 15.9 Å². The molecule has 0 spiro atoms. The zero-order valence-corrected chi connectivity index (χ0v) is 16.7. The molecule has 0 radical (unpaired) electrons. The Morgan fingerprint density at radius 3 is 2.41 bits per heavy atom. The van der Waals surface area contributed by atoms with E-state index in [4.69, 9.17) is 4.84 Å². The van der Waals surface area contributed by atoms with Gasteiger partial charge in [0, 0.05) is 12.5 Å². The van der Waals surface area contributed by atoms with E-state index < -0.39 is 9.84 Å². The van der Waals surface area contributed by atoms with Crippen molar-refractivity contribution in [1.29, 1.82) is 0 Å². The standard InChI is InChI=1S/C21H23N3O4S/c25-21(23-18-10-11-29(26,27)14-18)22-13-19-12-20(24-28-19)17-8-6-16(7-9-17)15-4-2-1-3-5-15/h1-9,18-19H,10-14H2,(H2,22,23,25)/t18-,19+/m1/s1. The molecule has 2 aromatic carbocycles. The summed E-state index contributed by atoms with van der Waals surface area (Å²) < 4.78 is 22.9. The zero-order valence-electron chi connectivity index (χ0n) is 15.9. The van der Waals surface area contributed by atoms with E-state index in [2.05, 4.69) is 40.1 Å². The number of urea groups is 1. The maximum absolute atomic E-state index is 12.0. The monoisotopic (exact) mass is 413 g/mol. The lowest BCUT2D eigenvalue weighted by molar-refractivity contribution is 0.0864. The smallest absolute Gasteiger partial charge is 0.315 e. The van der Waals surface area contributed by atoms with E-state index in [0.717, 1.165) is 22.4 Å². The van der Waals surface area contributed by atoms with Crippen LogP contribution in [0.2, 0.25) is 0 Å². The number of oxime groups is 1. The van der Waals surface area contributed by atoms with Crippen LogP contribution in [0.15, 0.2) is 59.8 Å². The van der Waals surface area contributed by atoms with Crippen molar-refractivity contribution in [3.63, 3.8) is 0 Å². The molecule has 1 fully saturated rings. The number of carbonyl (C=O) groups is 1. The van der Waals surface area contributed by atoms with Crippen molar-refractivity contribution in [2.45, 2.75) is 25.0 Å². The van der Waals surface area contributed by atoms with Crippen LogP contribution in [-0.2, 0) is 14.7 Å². The van der Waals surface area contributed by atoms with Gasteiger partial charge in [0.2, 0.25) is 0 Å². The van der Waals surface area contributed by atoms with Gasteiger partial charge in [-0.3, -0.25) is 0 Å². The molecule has 8 heteroatoms. The van der Waals surface area contributed by atoms with Gasteiger partial charge < -0.3 is 15.5 Å². The van der Waals surface area contributed by atoms with E-state index in [9.17, 15) is 13.2 Å². The molecule has 1 saturated heterocycles. The Hall–Kier alpha value is -2.87. The summed E-state index contributed by atoms with van der Waals surface area (Å²) in [7, 11) is -3.02. The van der Waals surface area contributed by atoms with Crippen molar-refractivity contribution in [1.82, 2.24) is 10.6 Å². The maximum atomic E-state index is 12.0. The van der Waals surface area contributed by atoms with Crippen LogP contribution in [-0.4, -0.2) is 50.4 Å². The van der Waals surface area contributed by atoms with E-state index in [1.165, 1.54) is 0 Å². The van der Waals surface area contributed by atoms with Crippen LogP contribution >= 0.6 is 0 Å². The molecule has 2 atom stereocenters. The topological polar surface area (TPSA) is 96.9 Å². The molecule has 0 unspecified atom stereocenters. The summed E-state index contributed by atoms with van der Waals surface area (Å²) in [5, 5.41) is 9.59. The highest BCUT2D eigenvalue weighted by Crippen LogP contribution is 2.22. The number of rotatable bonds is 5. The molecule has 7 nitrogen and oxygen atoms in total. The van der Waals surface area contributed by atoms with E-state index in [0.29, 0.717) is 19.4 Å². The minimum Gasteiger partial charge on any atom is -0.390 e. The summed E-state index contributed by atoms with van der Waals surface area (Å²) in [5.74, 6) is 0.135. The van der Waals surface area contributed by atoms with Crippen molar-refractivity contribution >= 4 is 21.6 Å². The van der Waals surface area contributed by atoms with Gasteiger partial charge in [0.05, 0.1) is 23.8 Å². The molecule has 0 saturated carbocycles. The molecule has 2 heterocycles. The van der Waals surface area contributed by atoms with Crippen LogP contribution < -0.4 is 10.6 Å². The maximum Gasteiger partial charge on any atom is 0.315 e. The van der Waals surface area contributed by atoms with Crippen LogP contribution in [0, 0.1) is 0 Å². The largest absolute Gasteiger partial charge is 0.390 e. The second kappa shape index (κ2) is 8.24. The molecule has 2 amide bonds. The molecular formula is C21H23N3O4S. The summed E-state index contributed by atoms with van der Waals surface area (Å²) in [6.45, 7) is 0.306. The molecule has 2 aromatic rings. The summed E-state index contributed by atoms with van der Waals surface area (Å²) in [5.41, 5.74) is 4.14. The fraction of sp³-hybridized carbons (Fsp3) is 0.333. The van der Waals surface area contributed by atoms with Gasteiger partial charge in [-0.25, -0.2) is 13.2 Å². The van der Waals surface area contributed by atoms with E-state index in [-0.39, 0.29) is 29.7 Å². The first-order valence-corrected chi connectivity index (χ1v) is 11.4. The van der Waals surface area contributed by atoms with Gasteiger partial charge in [-0.15, -0.1) is 0 Å². The highest BCUT2D eigenvalue weighted by Gasteiger charge is 2.29. The number of benzene rings is 2. The lowest BCUT2D eigenvalue weighted by Crippen LogP contribution is -2.45. The van der Waals surface area contributed by atoms with Crippen LogP contribution in [0.25, 0.3) is 11.1 Å². The highest BCUT2D eigenvalue weighted by atomic mass is 32.2. The van der Waals surface area contributed by atoms with Crippen molar-refractivity contribution in [2.75, 3.05) is 18.1 Å². The van der Waals surface area contributed by atoms with Gasteiger partial charge in [0.1, 0.15) is 0 Å². The first kappa shape index (κ1) is 19.4. The van der Waals surface area contributed by atoms with Gasteiger partial charge in [-0.05, 0) is 23.1 Å². The predicted octanol–water partition coefficient (Wildman–Crippen LogP) is 2.33. The molecule has 0 aromatic heterocycles. The molecule has 2 N–H and O–H groups in total. The summed E-state index contributed by atoms with van der Waals surface area (Å²) >= 11 is 0. The fourth-order valence-corrected chi connectivity index (χ4v) is 5.22. The van der Waals surface area contributed by atoms with Crippen LogP contribution in [0.1, 0.15) is 18.4 Å². The van der Waals surface area contributed by atoms with E-state index in [1.54, 1.807) is 0 Å². The molecule has 0 aliphatic carbocycles. The lowest BCUT2D eigenvalue weighted by Gasteiger charge is -2.14. The summed E-state index contributed by atoms with van der Waals surface area (Å²) in [6, 6.07) is 17.6. The Morgan fingerprint density at radius 2 is 1.72 bits per heavy atom. The number of sulfone groups is 1. The first-order valence-electron chi connectivity index (χ1n) is 9.62. The molecule has 2 aliphatic rings. The van der Waals surface area contributed by atoms with Gasteiger partial charge in [0.25, 0.3) is 0 Å². The Morgan fingerprint density at radius 1 is 1.03 bits per heavy atom. The lowest BCUT2D eigenvalue weighted by atomic mass is 10.0. The van der Waals surface area contributed by atoms with Crippen molar-refractivity contribution in [2.24, 2.45) is 5.16 Å². The van der Waals surface area contributed by atoms with Crippen molar-refractivity contribution < 1.29 is 18.0 Å². The van der Waals surface area contributed by atoms with Gasteiger partial charge in [-0.2, -0.15) is 0 Å². The van der Waals surface area contributed by atoms with Crippen molar-refractivity contribution in [3.8, 4) is 11.1 Å². The summed E-state index contributed by atoms with van der Waals surface area (Å²) in [6.07, 6.45) is 0.821. The number of amides is 2. The molecule has 152 valence electrons. The molecular weight excluding hydrogens is 390 g/mol. The first-order chi connectivity index (χ1) is 14.0. The Labute approximate surface area is 170 Å².